The first kappa shape index (κ1) is 14.8. The Labute approximate surface area is 122 Å². The number of nitrogens with zero attached hydrogens (tertiary/aromatic N) is 2. The molecule has 2 N–H and O–H groups in total. The van der Waals surface area contributed by atoms with E-state index >= 15 is 0 Å². The van der Waals surface area contributed by atoms with Gasteiger partial charge in [-0.15, -0.1) is 0 Å². The van der Waals surface area contributed by atoms with Gasteiger partial charge < -0.3 is 4.74 Å². The van der Waals surface area contributed by atoms with Gasteiger partial charge in [0.05, 0.1) is 21.3 Å². The van der Waals surface area contributed by atoms with Crippen molar-refractivity contribution < 1.29 is 13.2 Å². The van der Waals surface area contributed by atoms with Crippen LogP contribution in [0.3, 0.4) is 0 Å². The molecule has 0 saturated carbocycles. The van der Waals surface area contributed by atoms with E-state index in [-0.39, 0.29) is 11.5 Å². The minimum atomic E-state index is -3.69. The van der Waals surface area contributed by atoms with E-state index in [0.717, 1.165) is 11.4 Å². The first-order valence-corrected chi connectivity index (χ1v) is 7.65. The lowest BCUT2D eigenvalue weighted by Crippen LogP contribution is -2.11. The predicted octanol–water partition coefficient (Wildman–Crippen LogP) is 1.61. The fraction of sp³-hybridized carbons (Fsp3) is 0.250. The third kappa shape index (κ3) is 3.12. The molecule has 0 atom stereocenters. The van der Waals surface area contributed by atoms with Crippen molar-refractivity contribution >= 4 is 21.6 Å². The third-order valence-corrected chi connectivity index (χ3v) is 4.21. The SMILES string of the molecule is Cc1nn(C)c(COc2ccc(S(N)(=O)=O)cc2)c1Cl. The van der Waals surface area contributed by atoms with Gasteiger partial charge in [-0.05, 0) is 31.2 Å². The van der Waals surface area contributed by atoms with E-state index in [1.807, 2.05) is 6.92 Å². The van der Waals surface area contributed by atoms with Crippen LogP contribution < -0.4 is 9.88 Å². The van der Waals surface area contributed by atoms with Crippen LogP contribution in [0, 0.1) is 6.92 Å². The summed E-state index contributed by atoms with van der Waals surface area (Å²) in [5.74, 6) is 0.521. The molecule has 1 aromatic carbocycles. The van der Waals surface area contributed by atoms with Gasteiger partial charge >= 0.3 is 0 Å². The highest BCUT2D eigenvalue weighted by molar-refractivity contribution is 7.89. The van der Waals surface area contributed by atoms with E-state index in [1.165, 1.54) is 24.3 Å². The van der Waals surface area contributed by atoms with Crippen molar-refractivity contribution in [3.05, 3.63) is 40.7 Å². The van der Waals surface area contributed by atoms with Gasteiger partial charge in [0.1, 0.15) is 12.4 Å². The van der Waals surface area contributed by atoms with Crippen LogP contribution in [0.25, 0.3) is 0 Å². The summed E-state index contributed by atoms with van der Waals surface area (Å²) in [4.78, 5) is 0.0410. The van der Waals surface area contributed by atoms with Crippen molar-refractivity contribution in [2.24, 2.45) is 12.2 Å². The van der Waals surface area contributed by atoms with Gasteiger partial charge in [0.15, 0.2) is 0 Å². The average molecular weight is 316 g/mol. The number of hydrogen-bond acceptors (Lipinski definition) is 4. The number of halogens is 1. The maximum atomic E-state index is 11.1. The van der Waals surface area contributed by atoms with Crippen LogP contribution in [0.2, 0.25) is 5.02 Å². The molecule has 0 bridgehead atoms. The van der Waals surface area contributed by atoms with Crippen molar-refractivity contribution in [2.45, 2.75) is 18.4 Å². The summed E-state index contributed by atoms with van der Waals surface area (Å²) in [5, 5.41) is 9.76. The summed E-state index contributed by atoms with van der Waals surface area (Å²) >= 11 is 6.11. The first-order chi connectivity index (χ1) is 9.29. The zero-order valence-electron chi connectivity index (χ0n) is 11.0. The summed E-state index contributed by atoms with van der Waals surface area (Å²) in [6.07, 6.45) is 0. The molecule has 1 aromatic heterocycles. The molecule has 2 aromatic rings. The summed E-state index contributed by atoms with van der Waals surface area (Å²) < 4.78 is 29.4. The largest absolute Gasteiger partial charge is 0.487 e. The van der Waals surface area contributed by atoms with Gasteiger partial charge in [0.25, 0.3) is 0 Å². The number of benzene rings is 1. The average Bonchev–Trinajstić information content (AvgIpc) is 2.61. The van der Waals surface area contributed by atoms with Crippen molar-refractivity contribution in [2.75, 3.05) is 0 Å². The van der Waals surface area contributed by atoms with Crippen molar-refractivity contribution in [3.63, 3.8) is 0 Å². The van der Waals surface area contributed by atoms with E-state index < -0.39 is 10.0 Å². The molecule has 0 spiro atoms. The molecule has 0 saturated heterocycles. The highest BCUT2D eigenvalue weighted by atomic mass is 35.5. The second kappa shape index (κ2) is 5.43. The molecular formula is C12H14ClN3O3S. The third-order valence-electron chi connectivity index (χ3n) is 2.79. The Bertz CT molecular complexity index is 723. The standard InChI is InChI=1S/C12H14ClN3O3S/c1-8-12(13)11(16(2)15-8)7-19-9-3-5-10(6-4-9)20(14,17)18/h3-6H,7H2,1-2H3,(H2,14,17,18). The monoisotopic (exact) mass is 315 g/mol. The lowest BCUT2D eigenvalue weighted by Gasteiger charge is -2.07. The van der Waals surface area contributed by atoms with Gasteiger partial charge in [-0.2, -0.15) is 5.10 Å². The molecular weight excluding hydrogens is 302 g/mol. The fourth-order valence-electron chi connectivity index (χ4n) is 1.71. The number of aromatic nitrogens is 2. The summed E-state index contributed by atoms with van der Waals surface area (Å²) in [7, 11) is -1.91. The van der Waals surface area contributed by atoms with E-state index in [4.69, 9.17) is 21.5 Å². The van der Waals surface area contributed by atoms with Crippen LogP contribution >= 0.6 is 11.6 Å². The number of nitrogens with two attached hydrogens (primary N) is 1. The number of hydrogen-bond donors (Lipinski definition) is 1. The van der Waals surface area contributed by atoms with E-state index in [2.05, 4.69) is 5.10 Å². The maximum absolute atomic E-state index is 11.1. The molecule has 6 nitrogen and oxygen atoms in total. The van der Waals surface area contributed by atoms with Crippen LogP contribution in [0.5, 0.6) is 5.75 Å². The zero-order valence-corrected chi connectivity index (χ0v) is 12.6. The van der Waals surface area contributed by atoms with E-state index in [9.17, 15) is 8.42 Å². The molecule has 20 heavy (non-hydrogen) atoms. The Kier molecular flexibility index (Phi) is 4.03. The fourth-order valence-corrected chi connectivity index (χ4v) is 2.44. The number of sulfonamides is 1. The summed E-state index contributed by atoms with van der Waals surface area (Å²) in [6, 6.07) is 5.86. The minimum absolute atomic E-state index is 0.0410. The summed E-state index contributed by atoms with van der Waals surface area (Å²) in [5.41, 5.74) is 1.48. The second-order valence-corrected chi connectivity index (χ2v) is 6.21. The van der Waals surface area contributed by atoms with Crippen LogP contribution in [0.15, 0.2) is 29.2 Å². The van der Waals surface area contributed by atoms with Gasteiger partial charge in [-0.1, -0.05) is 11.6 Å². The van der Waals surface area contributed by atoms with Crippen LogP contribution in [0.4, 0.5) is 0 Å². The predicted molar refractivity (Wildman–Crippen MR) is 75.1 cm³/mol. The Hall–Kier alpha value is -1.57. The molecule has 0 fully saturated rings. The van der Waals surface area contributed by atoms with Crippen LogP contribution in [-0.4, -0.2) is 18.2 Å². The van der Waals surface area contributed by atoms with E-state index in [0.29, 0.717) is 10.8 Å². The number of primary sulfonamides is 1. The van der Waals surface area contributed by atoms with Gasteiger partial charge in [-0.3, -0.25) is 4.68 Å². The number of rotatable bonds is 4. The second-order valence-electron chi connectivity index (χ2n) is 4.27. The number of ether oxygens (including phenoxy) is 1. The topological polar surface area (TPSA) is 87.2 Å². The molecule has 1 heterocycles. The molecule has 0 aliphatic rings. The van der Waals surface area contributed by atoms with Gasteiger partial charge in [-0.25, -0.2) is 13.6 Å². The quantitative estimate of drug-likeness (QED) is 0.928. The molecule has 0 unspecified atom stereocenters. The lowest BCUT2D eigenvalue weighted by molar-refractivity contribution is 0.295. The maximum Gasteiger partial charge on any atom is 0.238 e. The molecule has 0 aliphatic heterocycles. The normalized spacial score (nSPS) is 11.6. The molecule has 0 amide bonds. The lowest BCUT2D eigenvalue weighted by atomic mass is 10.3. The van der Waals surface area contributed by atoms with Crippen molar-refractivity contribution in [1.29, 1.82) is 0 Å². The van der Waals surface area contributed by atoms with Crippen LogP contribution in [-0.2, 0) is 23.7 Å². The zero-order chi connectivity index (χ0) is 14.9. The Morgan fingerprint density at radius 2 is 1.95 bits per heavy atom. The minimum Gasteiger partial charge on any atom is -0.487 e. The van der Waals surface area contributed by atoms with Crippen molar-refractivity contribution in [3.8, 4) is 5.75 Å². The Morgan fingerprint density at radius 1 is 1.35 bits per heavy atom. The Morgan fingerprint density at radius 3 is 2.40 bits per heavy atom. The van der Waals surface area contributed by atoms with Crippen LogP contribution in [0.1, 0.15) is 11.4 Å². The molecule has 2 rings (SSSR count). The molecule has 108 valence electrons. The van der Waals surface area contributed by atoms with E-state index in [1.54, 1.807) is 11.7 Å². The highest BCUT2D eigenvalue weighted by Crippen LogP contribution is 2.22. The highest BCUT2D eigenvalue weighted by Gasteiger charge is 2.12. The molecule has 0 aliphatic carbocycles. The summed E-state index contributed by atoms with van der Waals surface area (Å²) in [6.45, 7) is 2.05. The molecule has 0 radical (unpaired) electrons. The number of aryl methyl sites for hydroxylation is 2. The van der Waals surface area contributed by atoms with Gasteiger partial charge in [0, 0.05) is 7.05 Å². The van der Waals surface area contributed by atoms with Crippen molar-refractivity contribution in [1.82, 2.24) is 9.78 Å². The van der Waals surface area contributed by atoms with Gasteiger partial charge in [0.2, 0.25) is 10.0 Å². The smallest absolute Gasteiger partial charge is 0.238 e. The molecule has 8 heteroatoms. The first-order valence-electron chi connectivity index (χ1n) is 5.72. The Balaban J connectivity index is 2.12.